The minimum Gasteiger partial charge on any atom is -0.337 e. The quantitative estimate of drug-likeness (QED) is 0.267. The van der Waals surface area contributed by atoms with Crippen molar-refractivity contribution in [2.75, 3.05) is 15.8 Å². The fourth-order valence-electron chi connectivity index (χ4n) is 4.39. The lowest BCUT2D eigenvalue weighted by Crippen LogP contribution is -2.27. The van der Waals surface area contributed by atoms with E-state index in [1.807, 2.05) is 0 Å². The molecule has 0 saturated heterocycles. The van der Waals surface area contributed by atoms with Gasteiger partial charge in [-0.05, 0) is 62.4 Å². The van der Waals surface area contributed by atoms with Crippen LogP contribution in [0.3, 0.4) is 0 Å². The second-order valence-electron chi connectivity index (χ2n) is 9.41. The van der Waals surface area contributed by atoms with E-state index in [4.69, 9.17) is 4.52 Å². The Morgan fingerprint density at radius 2 is 1.88 bits per heavy atom. The topological polar surface area (TPSA) is 154 Å². The molecule has 1 amide bonds. The van der Waals surface area contributed by atoms with Gasteiger partial charge in [0.15, 0.2) is 10.8 Å². The minimum atomic E-state index is -3.93. The molecular weight excluding hydrogens is 573 g/mol. The number of thioether (sulfide) groups is 1. The molecule has 5 aromatic rings. The van der Waals surface area contributed by atoms with Crippen molar-refractivity contribution in [3.8, 4) is 5.69 Å². The molecule has 6 rings (SSSR count). The first-order valence-corrected chi connectivity index (χ1v) is 14.8. The minimum absolute atomic E-state index is 0.00488. The number of amides is 1. The number of sulfonamides is 1. The number of aromatic nitrogens is 5. The van der Waals surface area contributed by atoms with Crippen molar-refractivity contribution in [3.05, 3.63) is 82.2 Å². The number of rotatable bonds is 7. The average Bonchev–Trinajstić information content (AvgIpc) is 3.64. The van der Waals surface area contributed by atoms with Gasteiger partial charge in [-0.1, -0.05) is 16.9 Å². The molecule has 0 spiro atoms. The molecule has 1 unspecified atom stereocenters. The summed E-state index contributed by atoms with van der Waals surface area (Å²) in [5, 5.41) is 11.5. The molecule has 0 bridgehead atoms. The number of carbonyl (C=O) groups excluding carboxylic acids is 1. The molecular formula is C26H22FN7O5S2. The monoisotopic (exact) mass is 595 g/mol. The van der Waals surface area contributed by atoms with Crippen molar-refractivity contribution < 1.29 is 22.1 Å². The fourth-order valence-corrected chi connectivity index (χ4v) is 6.56. The van der Waals surface area contributed by atoms with Crippen LogP contribution in [0, 0.1) is 19.7 Å². The first-order chi connectivity index (χ1) is 19.6. The van der Waals surface area contributed by atoms with Gasteiger partial charge in [0.25, 0.3) is 15.6 Å². The molecule has 0 saturated carbocycles. The number of fused-ring (bicyclic) bond motifs is 2. The molecule has 12 nitrogen and oxygen atoms in total. The summed E-state index contributed by atoms with van der Waals surface area (Å²) in [7, 11) is -3.93. The van der Waals surface area contributed by atoms with Crippen molar-refractivity contribution in [1.29, 1.82) is 0 Å². The normalized spacial score (nSPS) is 14.8. The van der Waals surface area contributed by atoms with Crippen molar-refractivity contribution >= 4 is 50.3 Å². The summed E-state index contributed by atoms with van der Waals surface area (Å²) < 4.78 is 49.2. The smallest absolute Gasteiger partial charge is 0.265 e. The highest BCUT2D eigenvalue weighted by Crippen LogP contribution is 2.33. The van der Waals surface area contributed by atoms with Crippen molar-refractivity contribution in [2.24, 2.45) is 0 Å². The van der Waals surface area contributed by atoms with Gasteiger partial charge in [0.05, 0.1) is 28.5 Å². The van der Waals surface area contributed by atoms with Crippen LogP contribution in [-0.2, 0) is 14.8 Å². The third kappa shape index (κ3) is 4.97. The van der Waals surface area contributed by atoms with E-state index in [1.165, 1.54) is 63.6 Å². The van der Waals surface area contributed by atoms with Crippen LogP contribution in [0.5, 0.6) is 0 Å². The van der Waals surface area contributed by atoms with E-state index in [9.17, 15) is 22.4 Å². The lowest BCUT2D eigenvalue weighted by Gasteiger charge is -2.14. The van der Waals surface area contributed by atoms with Crippen LogP contribution in [0.2, 0.25) is 0 Å². The number of hydrogen-bond donors (Lipinski definition) is 2. The zero-order valence-electron chi connectivity index (χ0n) is 21.7. The molecule has 0 radical (unpaired) electrons. The van der Waals surface area contributed by atoms with Gasteiger partial charge < -0.3 is 9.84 Å². The van der Waals surface area contributed by atoms with Crippen molar-refractivity contribution in [3.63, 3.8) is 0 Å². The van der Waals surface area contributed by atoms with E-state index >= 15 is 0 Å². The Morgan fingerprint density at radius 3 is 2.56 bits per heavy atom. The molecule has 15 heteroatoms. The zero-order chi connectivity index (χ0) is 28.9. The molecule has 1 aliphatic heterocycles. The maximum absolute atomic E-state index is 13.4. The zero-order valence-corrected chi connectivity index (χ0v) is 23.3. The van der Waals surface area contributed by atoms with Gasteiger partial charge in [-0.2, -0.15) is 5.10 Å². The molecule has 3 aromatic heterocycles. The summed E-state index contributed by atoms with van der Waals surface area (Å²) in [4.78, 5) is 30.8. The number of aryl methyl sites for hydroxylation is 1. The third-order valence-electron chi connectivity index (χ3n) is 6.70. The number of benzene rings is 2. The Hall–Kier alpha value is -4.50. The Labute approximate surface area is 236 Å². The number of carbonyl (C=O) groups is 1. The fraction of sp³-hybridized carbons (Fsp3) is 0.192. The van der Waals surface area contributed by atoms with Crippen LogP contribution in [0.4, 0.5) is 16.0 Å². The standard InChI is InChI=1S/C26H22FN7O5S2/c1-14-15(2)31-39-24(14)32-41(37,38)20-9-5-17(6-10-20)29-22(35)11-19-13-40-26-30-23-21(25(36)33(19)26)12-28-34(23)18-7-3-16(27)4-8-18/h3-10,12,19,32H,11,13H2,1-2H3,(H,29,35). The number of nitrogens with zero attached hydrogens (tertiary/aromatic N) is 5. The number of hydrogen-bond acceptors (Lipinski definition) is 9. The maximum atomic E-state index is 13.4. The van der Waals surface area contributed by atoms with Crippen molar-refractivity contribution in [1.82, 2.24) is 24.5 Å². The Kier molecular flexibility index (Phi) is 6.62. The van der Waals surface area contributed by atoms with Gasteiger partial charge in [-0.25, -0.2) is 27.2 Å². The Balaban J connectivity index is 1.16. The Morgan fingerprint density at radius 1 is 1.15 bits per heavy atom. The predicted octanol–water partition coefficient (Wildman–Crippen LogP) is 3.80. The average molecular weight is 596 g/mol. The van der Waals surface area contributed by atoms with E-state index in [1.54, 1.807) is 26.0 Å². The highest BCUT2D eigenvalue weighted by Gasteiger charge is 2.30. The molecule has 41 heavy (non-hydrogen) atoms. The largest absolute Gasteiger partial charge is 0.337 e. The van der Waals surface area contributed by atoms with E-state index in [0.29, 0.717) is 39.2 Å². The summed E-state index contributed by atoms with van der Waals surface area (Å²) in [6.45, 7) is 3.39. The van der Waals surface area contributed by atoms with Gasteiger partial charge >= 0.3 is 0 Å². The van der Waals surface area contributed by atoms with Crippen LogP contribution >= 0.6 is 11.8 Å². The Bertz CT molecular complexity index is 1970. The van der Waals surface area contributed by atoms with Gasteiger partial charge in [0, 0.05) is 23.4 Å². The van der Waals surface area contributed by atoms with E-state index < -0.39 is 16.1 Å². The summed E-state index contributed by atoms with van der Waals surface area (Å²) >= 11 is 1.36. The lowest BCUT2D eigenvalue weighted by molar-refractivity contribution is -0.116. The number of anilines is 2. The van der Waals surface area contributed by atoms with Crippen LogP contribution in [0.25, 0.3) is 16.7 Å². The summed E-state index contributed by atoms with van der Waals surface area (Å²) in [5.41, 5.74) is 2.15. The summed E-state index contributed by atoms with van der Waals surface area (Å²) in [6.07, 6.45) is 1.42. The van der Waals surface area contributed by atoms with Gasteiger partial charge in [0.2, 0.25) is 11.8 Å². The number of nitrogens with one attached hydrogen (secondary N) is 2. The first kappa shape index (κ1) is 26.7. The number of halogens is 1. The lowest BCUT2D eigenvalue weighted by atomic mass is 10.2. The molecule has 1 atom stereocenters. The predicted molar refractivity (Wildman–Crippen MR) is 149 cm³/mol. The molecule has 4 heterocycles. The molecule has 0 fully saturated rings. The molecule has 2 aromatic carbocycles. The van der Waals surface area contributed by atoms with Gasteiger partial charge in [-0.3, -0.25) is 14.2 Å². The molecule has 1 aliphatic rings. The first-order valence-electron chi connectivity index (χ1n) is 12.4. The van der Waals surface area contributed by atoms with Crippen LogP contribution in [0.15, 0.2) is 74.1 Å². The third-order valence-corrected chi connectivity index (χ3v) is 9.14. The molecule has 2 N–H and O–H groups in total. The molecule has 0 aliphatic carbocycles. The molecule has 210 valence electrons. The highest BCUT2D eigenvalue weighted by molar-refractivity contribution is 7.99. The van der Waals surface area contributed by atoms with Gasteiger partial charge in [0.1, 0.15) is 11.2 Å². The van der Waals surface area contributed by atoms with E-state index in [2.05, 4.69) is 25.3 Å². The van der Waals surface area contributed by atoms with E-state index in [-0.39, 0.29) is 39.9 Å². The summed E-state index contributed by atoms with van der Waals surface area (Å²) in [5.74, 6) is -0.226. The maximum Gasteiger partial charge on any atom is 0.265 e. The van der Waals surface area contributed by atoms with E-state index in [0.717, 1.165) is 0 Å². The van der Waals surface area contributed by atoms with Crippen molar-refractivity contribution in [2.45, 2.75) is 36.4 Å². The van der Waals surface area contributed by atoms with Crippen LogP contribution < -0.4 is 15.6 Å². The van der Waals surface area contributed by atoms with Gasteiger partial charge in [-0.15, -0.1) is 0 Å². The highest BCUT2D eigenvalue weighted by atomic mass is 32.2. The second kappa shape index (κ2) is 10.2. The van der Waals surface area contributed by atoms with Crippen LogP contribution in [0.1, 0.15) is 23.7 Å². The summed E-state index contributed by atoms with van der Waals surface area (Å²) in [6, 6.07) is 10.9. The van der Waals surface area contributed by atoms with Crippen LogP contribution in [-0.4, -0.2) is 44.6 Å². The second-order valence-corrected chi connectivity index (χ2v) is 12.1. The SMILES string of the molecule is Cc1noc(NS(=O)(=O)c2ccc(NC(=O)CC3CSc4nc5c(cnn5-c5ccc(F)cc5)c(=O)n43)cc2)c1C.